The van der Waals surface area contributed by atoms with Gasteiger partial charge in [0.05, 0.1) is 17.2 Å². The number of aromatic nitrogens is 2. The summed E-state index contributed by atoms with van der Waals surface area (Å²) in [4.78, 5) is 11.7. The number of nitrogens with zero attached hydrogens (tertiary/aromatic N) is 2. The first-order valence-electron chi connectivity index (χ1n) is 6.12. The Labute approximate surface area is 131 Å². The summed E-state index contributed by atoms with van der Waals surface area (Å²) >= 11 is 3.25. The summed E-state index contributed by atoms with van der Waals surface area (Å²) in [6, 6.07) is 0.0744. The van der Waals surface area contributed by atoms with Crippen molar-refractivity contribution in [3.63, 3.8) is 0 Å². The minimum Gasteiger partial charge on any atom is -0.321 e. The lowest BCUT2D eigenvalue weighted by atomic mass is 10.2. The smallest absolute Gasteiger partial charge is 0.226 e. The summed E-state index contributed by atoms with van der Waals surface area (Å²) in [7, 11) is 0. The van der Waals surface area contributed by atoms with Gasteiger partial charge in [-0.1, -0.05) is 0 Å². The van der Waals surface area contributed by atoms with Gasteiger partial charge in [-0.05, 0) is 22.9 Å². The van der Waals surface area contributed by atoms with Crippen molar-refractivity contribution in [2.24, 2.45) is 0 Å². The van der Waals surface area contributed by atoms with Crippen molar-refractivity contribution in [1.29, 1.82) is 0 Å². The van der Waals surface area contributed by atoms with Gasteiger partial charge in [0.1, 0.15) is 5.69 Å². The minimum absolute atomic E-state index is 0.0744. The normalized spacial score (nSPS) is 10.8. The SMILES string of the molecule is Cc1c(Br)cnn1CCC(=O)Nc1c(F)c(F)cc(F)c1F. The third-order valence-electron chi connectivity index (χ3n) is 2.97. The van der Waals surface area contributed by atoms with Crippen LogP contribution < -0.4 is 5.32 Å². The largest absolute Gasteiger partial charge is 0.321 e. The first kappa shape index (κ1) is 16.5. The predicted molar refractivity (Wildman–Crippen MR) is 74.2 cm³/mol. The number of nitrogens with one attached hydrogen (secondary N) is 1. The van der Waals surface area contributed by atoms with Crippen LogP contribution in [0, 0.1) is 30.2 Å². The third-order valence-corrected chi connectivity index (χ3v) is 3.75. The van der Waals surface area contributed by atoms with Crippen molar-refractivity contribution in [3.05, 3.63) is 45.7 Å². The monoisotopic (exact) mass is 379 g/mol. The fraction of sp³-hybridized carbons (Fsp3) is 0.231. The first-order chi connectivity index (χ1) is 10.3. The Morgan fingerprint density at radius 3 is 2.36 bits per heavy atom. The molecule has 0 fully saturated rings. The molecule has 0 spiro atoms. The van der Waals surface area contributed by atoms with E-state index in [1.807, 2.05) is 5.32 Å². The molecule has 0 atom stereocenters. The van der Waals surface area contributed by atoms with E-state index in [0.29, 0.717) is 0 Å². The standard InChI is InChI=1S/C13H10BrF4N3O/c1-6-7(14)5-19-21(6)3-2-10(22)20-13-11(17)8(15)4-9(16)12(13)18/h4-5H,2-3H2,1H3,(H,20,22). The average Bonchev–Trinajstić information content (AvgIpc) is 2.79. The van der Waals surface area contributed by atoms with E-state index in [1.54, 1.807) is 6.92 Å². The molecule has 1 heterocycles. The summed E-state index contributed by atoms with van der Waals surface area (Å²) in [5, 5.41) is 5.81. The molecule has 0 unspecified atom stereocenters. The Morgan fingerprint density at radius 2 is 1.86 bits per heavy atom. The van der Waals surface area contributed by atoms with Crippen LogP contribution in [-0.4, -0.2) is 15.7 Å². The van der Waals surface area contributed by atoms with Crippen molar-refractivity contribution >= 4 is 27.5 Å². The van der Waals surface area contributed by atoms with E-state index in [-0.39, 0.29) is 19.0 Å². The molecule has 0 radical (unpaired) electrons. The lowest BCUT2D eigenvalue weighted by Crippen LogP contribution is -2.18. The summed E-state index contributed by atoms with van der Waals surface area (Å²) in [6.07, 6.45) is 1.36. The topological polar surface area (TPSA) is 46.9 Å². The lowest BCUT2D eigenvalue weighted by molar-refractivity contribution is -0.116. The fourth-order valence-electron chi connectivity index (χ4n) is 1.74. The Kier molecular flexibility index (Phi) is 4.84. The molecule has 1 N–H and O–H groups in total. The number of benzene rings is 1. The van der Waals surface area contributed by atoms with Gasteiger partial charge in [0.2, 0.25) is 5.91 Å². The first-order valence-corrected chi connectivity index (χ1v) is 6.91. The molecule has 118 valence electrons. The summed E-state index contributed by atoms with van der Waals surface area (Å²) in [6.45, 7) is 1.90. The number of hydrogen-bond donors (Lipinski definition) is 1. The zero-order valence-electron chi connectivity index (χ0n) is 11.3. The van der Waals surface area contributed by atoms with Crippen LogP contribution in [0.25, 0.3) is 0 Å². The molecule has 0 aliphatic heterocycles. The predicted octanol–water partition coefficient (Wildman–Crippen LogP) is 3.54. The number of rotatable bonds is 4. The molecule has 0 aliphatic rings. The van der Waals surface area contributed by atoms with Crippen LogP contribution in [0.15, 0.2) is 16.7 Å². The lowest BCUT2D eigenvalue weighted by Gasteiger charge is -2.09. The van der Waals surface area contributed by atoms with E-state index in [1.165, 1.54) is 10.9 Å². The van der Waals surface area contributed by atoms with Gasteiger partial charge < -0.3 is 5.32 Å². The molecule has 0 saturated heterocycles. The van der Waals surface area contributed by atoms with Gasteiger partial charge in [-0.3, -0.25) is 9.48 Å². The maximum Gasteiger partial charge on any atom is 0.226 e. The third kappa shape index (κ3) is 3.29. The highest BCUT2D eigenvalue weighted by Gasteiger charge is 2.20. The molecule has 9 heteroatoms. The van der Waals surface area contributed by atoms with Crippen molar-refractivity contribution in [2.75, 3.05) is 5.32 Å². The van der Waals surface area contributed by atoms with Crippen molar-refractivity contribution in [3.8, 4) is 0 Å². The van der Waals surface area contributed by atoms with Crippen LogP contribution in [0.4, 0.5) is 23.2 Å². The van der Waals surface area contributed by atoms with Gasteiger partial charge in [-0.2, -0.15) is 5.10 Å². The van der Waals surface area contributed by atoms with Crippen LogP contribution in [0.5, 0.6) is 0 Å². The van der Waals surface area contributed by atoms with Crippen molar-refractivity contribution in [1.82, 2.24) is 9.78 Å². The molecule has 1 aromatic heterocycles. The highest BCUT2D eigenvalue weighted by molar-refractivity contribution is 9.10. The molecule has 2 aromatic rings. The second-order valence-corrected chi connectivity index (χ2v) is 5.30. The molecule has 2 rings (SSSR count). The zero-order valence-corrected chi connectivity index (χ0v) is 12.8. The molecule has 22 heavy (non-hydrogen) atoms. The number of carbonyl (C=O) groups excluding carboxylic acids is 1. The van der Waals surface area contributed by atoms with Gasteiger partial charge in [0, 0.05) is 18.2 Å². The van der Waals surface area contributed by atoms with Crippen LogP contribution in [-0.2, 0) is 11.3 Å². The van der Waals surface area contributed by atoms with Crippen molar-refractivity contribution < 1.29 is 22.4 Å². The van der Waals surface area contributed by atoms with Crippen molar-refractivity contribution in [2.45, 2.75) is 19.9 Å². The molecule has 0 bridgehead atoms. The van der Waals surface area contributed by atoms with Gasteiger partial charge in [0.15, 0.2) is 23.3 Å². The van der Waals surface area contributed by atoms with Crippen LogP contribution in [0.2, 0.25) is 0 Å². The molecule has 4 nitrogen and oxygen atoms in total. The summed E-state index contributed by atoms with van der Waals surface area (Å²) in [5.74, 6) is -7.26. The molecule has 0 aliphatic carbocycles. The van der Waals surface area contributed by atoms with Gasteiger partial charge in [0.25, 0.3) is 0 Å². The number of hydrogen-bond acceptors (Lipinski definition) is 2. The Morgan fingerprint density at radius 1 is 1.27 bits per heavy atom. The van der Waals surface area contributed by atoms with Crippen LogP contribution >= 0.6 is 15.9 Å². The zero-order chi connectivity index (χ0) is 16.4. The van der Waals surface area contributed by atoms with E-state index in [0.717, 1.165) is 10.2 Å². The van der Waals surface area contributed by atoms with E-state index in [2.05, 4.69) is 21.0 Å². The quantitative estimate of drug-likeness (QED) is 0.652. The molecule has 0 saturated carbocycles. The Hall–Kier alpha value is -1.90. The Balaban J connectivity index is 2.08. The molecular weight excluding hydrogens is 370 g/mol. The van der Waals surface area contributed by atoms with Crippen LogP contribution in [0.1, 0.15) is 12.1 Å². The number of anilines is 1. The molecular formula is C13H10BrF4N3O. The second-order valence-electron chi connectivity index (χ2n) is 4.44. The van der Waals surface area contributed by atoms with E-state index in [4.69, 9.17) is 0 Å². The minimum atomic E-state index is -1.65. The maximum atomic E-state index is 13.4. The number of amides is 1. The highest BCUT2D eigenvalue weighted by Crippen LogP contribution is 2.24. The fourth-order valence-corrected chi connectivity index (χ4v) is 2.04. The van der Waals surface area contributed by atoms with Gasteiger partial charge in [-0.15, -0.1) is 0 Å². The number of halogens is 5. The highest BCUT2D eigenvalue weighted by atomic mass is 79.9. The van der Waals surface area contributed by atoms with E-state index < -0.39 is 34.9 Å². The van der Waals surface area contributed by atoms with Gasteiger partial charge in [-0.25, -0.2) is 17.6 Å². The molecule has 1 amide bonds. The van der Waals surface area contributed by atoms with E-state index >= 15 is 0 Å². The van der Waals surface area contributed by atoms with Crippen LogP contribution in [0.3, 0.4) is 0 Å². The van der Waals surface area contributed by atoms with E-state index in [9.17, 15) is 22.4 Å². The van der Waals surface area contributed by atoms with Gasteiger partial charge >= 0.3 is 0 Å². The maximum absolute atomic E-state index is 13.4. The molecule has 1 aromatic carbocycles. The Bertz CT molecular complexity index is 706. The number of carbonyl (C=O) groups is 1. The second kappa shape index (κ2) is 6.47. The summed E-state index contributed by atoms with van der Waals surface area (Å²) in [5.41, 5.74) is -0.372. The summed E-state index contributed by atoms with van der Waals surface area (Å²) < 4.78 is 55.1. The number of aryl methyl sites for hydroxylation is 1. The average molecular weight is 380 g/mol.